The molecule has 2 aromatic heterocycles. The Morgan fingerprint density at radius 1 is 1.20 bits per heavy atom. The third-order valence-electron chi connectivity index (χ3n) is 3.17. The fourth-order valence-corrected chi connectivity index (χ4v) is 2.96. The normalized spacial score (nSPS) is 11.2. The van der Waals surface area contributed by atoms with Gasteiger partial charge in [0, 0.05) is 9.26 Å². The van der Waals surface area contributed by atoms with E-state index in [4.69, 9.17) is 11.6 Å². The fraction of sp³-hybridized carbons (Fsp3) is 0.200. The second-order valence-corrected chi connectivity index (χ2v) is 6.16. The lowest BCUT2D eigenvalue weighted by Crippen LogP contribution is -2.05. The molecular weight excluding hydrogens is 385 g/mol. The van der Waals surface area contributed by atoms with Gasteiger partial charge in [-0.05, 0) is 59.8 Å². The number of rotatable bonds is 3. The molecule has 0 saturated heterocycles. The summed E-state index contributed by atoms with van der Waals surface area (Å²) in [6, 6.07) is 12.3. The largest absolute Gasteiger partial charge is 0.321 e. The van der Waals surface area contributed by atoms with Crippen molar-refractivity contribution < 1.29 is 0 Å². The molecule has 3 rings (SSSR count). The number of aromatic nitrogens is 3. The first-order valence-electron chi connectivity index (χ1n) is 6.30. The van der Waals surface area contributed by atoms with Crippen molar-refractivity contribution >= 4 is 45.2 Å². The van der Waals surface area contributed by atoms with E-state index >= 15 is 0 Å². The molecular formula is C15H13ClIN3. The lowest BCUT2D eigenvalue weighted by Gasteiger charge is -2.08. The van der Waals surface area contributed by atoms with Crippen molar-refractivity contribution in [1.82, 2.24) is 14.5 Å². The van der Waals surface area contributed by atoms with Crippen LogP contribution in [0.25, 0.3) is 11.0 Å². The maximum atomic E-state index is 6.04. The minimum Gasteiger partial charge on any atom is -0.321 e. The van der Waals surface area contributed by atoms with E-state index in [1.807, 2.05) is 25.1 Å². The Balaban J connectivity index is 2.10. The van der Waals surface area contributed by atoms with Crippen LogP contribution < -0.4 is 0 Å². The standard InChI is InChI=1S/C15H13ClIN3/c1-10-3-2-4-12(18-10)9-20-14-6-5-11(17)7-13(14)19-15(20)8-16/h2-7H,8-9H2,1H3. The number of hydrogen-bond acceptors (Lipinski definition) is 2. The van der Waals surface area contributed by atoms with Gasteiger partial charge >= 0.3 is 0 Å². The minimum atomic E-state index is 0.400. The van der Waals surface area contributed by atoms with Crippen molar-refractivity contribution in [1.29, 1.82) is 0 Å². The molecule has 2 heterocycles. The summed E-state index contributed by atoms with van der Waals surface area (Å²) in [4.78, 5) is 9.16. The van der Waals surface area contributed by atoms with Gasteiger partial charge in [-0.3, -0.25) is 4.98 Å². The lowest BCUT2D eigenvalue weighted by molar-refractivity contribution is 0.755. The summed E-state index contributed by atoms with van der Waals surface area (Å²) in [5.74, 6) is 1.28. The third kappa shape index (κ3) is 2.67. The molecule has 0 aliphatic rings. The number of hydrogen-bond donors (Lipinski definition) is 0. The van der Waals surface area contributed by atoms with Crippen molar-refractivity contribution in [3.05, 3.63) is 57.2 Å². The Morgan fingerprint density at radius 3 is 2.80 bits per heavy atom. The van der Waals surface area contributed by atoms with Crippen LogP contribution in [-0.2, 0) is 12.4 Å². The summed E-state index contributed by atoms with van der Waals surface area (Å²) in [5.41, 5.74) is 4.13. The molecule has 0 atom stereocenters. The molecule has 0 radical (unpaired) electrons. The number of imidazole rings is 1. The highest BCUT2D eigenvalue weighted by atomic mass is 127. The number of halogens is 2. The van der Waals surface area contributed by atoms with E-state index in [0.29, 0.717) is 12.4 Å². The molecule has 0 spiro atoms. The Morgan fingerprint density at radius 2 is 2.05 bits per heavy atom. The number of benzene rings is 1. The lowest BCUT2D eigenvalue weighted by atomic mass is 10.3. The summed E-state index contributed by atoms with van der Waals surface area (Å²) < 4.78 is 3.31. The SMILES string of the molecule is Cc1cccc(Cn2c(CCl)nc3cc(I)ccc32)n1. The Labute approximate surface area is 136 Å². The van der Waals surface area contributed by atoms with Gasteiger partial charge in [-0.15, -0.1) is 11.6 Å². The summed E-state index contributed by atoms with van der Waals surface area (Å²) in [6.07, 6.45) is 0. The van der Waals surface area contributed by atoms with E-state index in [0.717, 1.165) is 28.2 Å². The zero-order chi connectivity index (χ0) is 14.1. The highest BCUT2D eigenvalue weighted by molar-refractivity contribution is 14.1. The van der Waals surface area contributed by atoms with Crippen LogP contribution in [0.15, 0.2) is 36.4 Å². The average Bonchev–Trinajstić information content (AvgIpc) is 2.76. The van der Waals surface area contributed by atoms with Crippen molar-refractivity contribution in [2.45, 2.75) is 19.3 Å². The highest BCUT2D eigenvalue weighted by Gasteiger charge is 2.11. The molecule has 102 valence electrons. The molecule has 0 aliphatic carbocycles. The van der Waals surface area contributed by atoms with E-state index in [1.54, 1.807) is 0 Å². The maximum Gasteiger partial charge on any atom is 0.125 e. The Kier molecular flexibility index (Phi) is 3.94. The fourth-order valence-electron chi connectivity index (χ4n) is 2.28. The molecule has 1 aromatic carbocycles. The van der Waals surface area contributed by atoms with E-state index in [9.17, 15) is 0 Å². The number of nitrogens with zero attached hydrogens (tertiary/aromatic N) is 3. The molecule has 3 aromatic rings. The molecule has 0 unspecified atom stereocenters. The highest BCUT2D eigenvalue weighted by Crippen LogP contribution is 2.21. The molecule has 0 bridgehead atoms. The maximum absolute atomic E-state index is 6.04. The van der Waals surface area contributed by atoms with Gasteiger partial charge in [0.05, 0.1) is 29.2 Å². The Hall–Kier alpha value is -1.14. The molecule has 0 N–H and O–H groups in total. The summed E-state index contributed by atoms with van der Waals surface area (Å²) >= 11 is 8.33. The van der Waals surface area contributed by atoms with E-state index < -0.39 is 0 Å². The van der Waals surface area contributed by atoms with Gasteiger partial charge in [-0.1, -0.05) is 6.07 Å². The van der Waals surface area contributed by atoms with Crippen molar-refractivity contribution in [3.8, 4) is 0 Å². The van der Waals surface area contributed by atoms with Crippen LogP contribution in [0.1, 0.15) is 17.2 Å². The van der Waals surface area contributed by atoms with Crippen LogP contribution in [0, 0.1) is 10.5 Å². The molecule has 0 amide bonds. The molecule has 0 fully saturated rings. The third-order valence-corrected chi connectivity index (χ3v) is 4.09. The summed E-state index contributed by atoms with van der Waals surface area (Å²) in [6.45, 7) is 2.70. The summed E-state index contributed by atoms with van der Waals surface area (Å²) in [7, 11) is 0. The van der Waals surface area contributed by atoms with Crippen LogP contribution in [0.4, 0.5) is 0 Å². The number of fused-ring (bicyclic) bond motifs is 1. The Bertz CT molecular complexity index is 767. The average molecular weight is 398 g/mol. The molecule has 0 aliphatic heterocycles. The molecule has 0 saturated carbocycles. The van der Waals surface area contributed by atoms with Crippen LogP contribution in [0.3, 0.4) is 0 Å². The van der Waals surface area contributed by atoms with Gasteiger partial charge in [-0.2, -0.15) is 0 Å². The van der Waals surface area contributed by atoms with Gasteiger partial charge in [0.25, 0.3) is 0 Å². The van der Waals surface area contributed by atoms with Crippen LogP contribution >= 0.6 is 34.2 Å². The van der Waals surface area contributed by atoms with Gasteiger partial charge < -0.3 is 4.57 Å². The van der Waals surface area contributed by atoms with Crippen LogP contribution in [-0.4, -0.2) is 14.5 Å². The zero-order valence-electron chi connectivity index (χ0n) is 11.0. The van der Waals surface area contributed by atoms with E-state index in [1.165, 1.54) is 3.57 Å². The van der Waals surface area contributed by atoms with E-state index in [-0.39, 0.29) is 0 Å². The smallest absolute Gasteiger partial charge is 0.125 e. The monoisotopic (exact) mass is 397 g/mol. The predicted octanol–water partition coefficient (Wildman–Crippen LogP) is 4.13. The van der Waals surface area contributed by atoms with Crippen LogP contribution in [0.5, 0.6) is 0 Å². The topological polar surface area (TPSA) is 30.7 Å². The van der Waals surface area contributed by atoms with E-state index in [2.05, 4.69) is 55.3 Å². The summed E-state index contributed by atoms with van der Waals surface area (Å²) in [5, 5.41) is 0. The van der Waals surface area contributed by atoms with Gasteiger partial charge in [-0.25, -0.2) is 4.98 Å². The van der Waals surface area contributed by atoms with Gasteiger partial charge in [0.2, 0.25) is 0 Å². The first-order valence-corrected chi connectivity index (χ1v) is 7.92. The second kappa shape index (κ2) is 5.69. The molecule has 20 heavy (non-hydrogen) atoms. The minimum absolute atomic E-state index is 0.400. The first kappa shape index (κ1) is 13.8. The van der Waals surface area contributed by atoms with Crippen molar-refractivity contribution in [2.75, 3.05) is 0 Å². The van der Waals surface area contributed by atoms with Gasteiger partial charge in [0.1, 0.15) is 5.82 Å². The quantitative estimate of drug-likeness (QED) is 0.491. The second-order valence-electron chi connectivity index (χ2n) is 4.65. The molecule has 5 heteroatoms. The number of pyridine rings is 1. The van der Waals surface area contributed by atoms with Crippen LogP contribution in [0.2, 0.25) is 0 Å². The zero-order valence-corrected chi connectivity index (χ0v) is 13.9. The van der Waals surface area contributed by atoms with Crippen molar-refractivity contribution in [2.24, 2.45) is 0 Å². The predicted molar refractivity (Wildman–Crippen MR) is 90.1 cm³/mol. The molecule has 3 nitrogen and oxygen atoms in total. The number of aryl methyl sites for hydroxylation is 1. The number of alkyl halides is 1. The first-order chi connectivity index (χ1) is 9.67. The van der Waals surface area contributed by atoms with Crippen molar-refractivity contribution in [3.63, 3.8) is 0 Å². The van der Waals surface area contributed by atoms with Gasteiger partial charge in [0.15, 0.2) is 0 Å².